The van der Waals surface area contributed by atoms with Crippen LogP contribution in [0.5, 0.6) is 5.75 Å². The summed E-state index contributed by atoms with van der Waals surface area (Å²) in [5.74, 6) is 1.02. The highest BCUT2D eigenvalue weighted by atomic mass is 79.9. The van der Waals surface area contributed by atoms with Crippen molar-refractivity contribution in [3.63, 3.8) is 0 Å². The van der Waals surface area contributed by atoms with Gasteiger partial charge in [-0.2, -0.15) is 0 Å². The molecule has 0 aliphatic carbocycles. The number of rotatable bonds is 5. The van der Waals surface area contributed by atoms with E-state index >= 15 is 0 Å². The highest BCUT2D eigenvalue weighted by Gasteiger charge is 2.22. The summed E-state index contributed by atoms with van der Waals surface area (Å²) < 4.78 is 5.50. The summed E-state index contributed by atoms with van der Waals surface area (Å²) in [7, 11) is 1.76. The van der Waals surface area contributed by atoms with Crippen molar-refractivity contribution >= 4 is 15.9 Å². The maximum atomic E-state index is 5.50. The monoisotopic (exact) mass is 325 g/mol. The fraction of sp³-hybridized carbons (Fsp3) is 0.625. The molecule has 1 unspecified atom stereocenters. The van der Waals surface area contributed by atoms with Gasteiger partial charge >= 0.3 is 0 Å². The number of aryl methyl sites for hydroxylation is 1. The van der Waals surface area contributed by atoms with Gasteiger partial charge in [0.15, 0.2) is 0 Å². The van der Waals surface area contributed by atoms with E-state index in [-0.39, 0.29) is 0 Å². The fourth-order valence-electron chi connectivity index (χ4n) is 2.97. The second-order valence-corrected chi connectivity index (χ2v) is 6.21. The zero-order chi connectivity index (χ0) is 13.7. The molecule has 1 heterocycles. The van der Waals surface area contributed by atoms with Crippen LogP contribution in [0.1, 0.15) is 36.8 Å². The van der Waals surface area contributed by atoms with Crippen molar-refractivity contribution in [2.45, 2.75) is 45.2 Å². The lowest BCUT2D eigenvalue weighted by Gasteiger charge is -2.36. The van der Waals surface area contributed by atoms with Crippen molar-refractivity contribution in [1.29, 1.82) is 0 Å². The molecule has 0 N–H and O–H groups in total. The fourth-order valence-corrected chi connectivity index (χ4v) is 3.50. The first-order valence-electron chi connectivity index (χ1n) is 7.18. The van der Waals surface area contributed by atoms with E-state index in [9.17, 15) is 0 Å². The molecular weight excluding hydrogens is 302 g/mol. The van der Waals surface area contributed by atoms with Gasteiger partial charge in [0.1, 0.15) is 5.75 Å². The van der Waals surface area contributed by atoms with E-state index in [1.54, 1.807) is 7.11 Å². The molecule has 0 amide bonds. The molecular formula is C16H24BrNO. The summed E-state index contributed by atoms with van der Waals surface area (Å²) in [5.41, 5.74) is 2.63. The highest BCUT2D eigenvalue weighted by Crippen LogP contribution is 2.26. The van der Waals surface area contributed by atoms with E-state index in [4.69, 9.17) is 4.74 Å². The van der Waals surface area contributed by atoms with Gasteiger partial charge in [-0.15, -0.1) is 0 Å². The Kier molecular flexibility index (Phi) is 5.71. The van der Waals surface area contributed by atoms with Gasteiger partial charge in [0.25, 0.3) is 0 Å². The Morgan fingerprint density at radius 1 is 1.37 bits per heavy atom. The molecule has 0 aromatic heterocycles. The molecule has 1 aromatic rings. The maximum absolute atomic E-state index is 5.50. The maximum Gasteiger partial charge on any atom is 0.123 e. The number of likely N-dealkylation sites (tertiary alicyclic amines) is 1. The standard InChI is InChI=1S/C16H24BrNO/c1-13-6-7-16(19-2)14(11-13)12-18-10-4-3-5-15(18)8-9-17/h6-7,11,15H,3-5,8-10,12H2,1-2H3. The van der Waals surface area contributed by atoms with Gasteiger partial charge in [0, 0.05) is 23.5 Å². The van der Waals surface area contributed by atoms with Gasteiger partial charge in [0.05, 0.1) is 7.11 Å². The number of hydrogen-bond acceptors (Lipinski definition) is 2. The van der Waals surface area contributed by atoms with Crippen LogP contribution in [0.2, 0.25) is 0 Å². The van der Waals surface area contributed by atoms with Crippen LogP contribution in [0.4, 0.5) is 0 Å². The predicted octanol–water partition coefficient (Wildman–Crippen LogP) is 4.14. The zero-order valence-electron chi connectivity index (χ0n) is 12.0. The molecule has 2 rings (SSSR count). The molecule has 106 valence electrons. The van der Waals surface area contributed by atoms with Crippen LogP contribution >= 0.6 is 15.9 Å². The Morgan fingerprint density at radius 3 is 2.95 bits per heavy atom. The third kappa shape index (κ3) is 3.96. The minimum atomic E-state index is 0.721. The zero-order valence-corrected chi connectivity index (χ0v) is 13.6. The second-order valence-electron chi connectivity index (χ2n) is 5.41. The average Bonchev–Trinajstić information content (AvgIpc) is 2.42. The van der Waals surface area contributed by atoms with Gasteiger partial charge in [-0.1, -0.05) is 40.0 Å². The number of methoxy groups -OCH3 is 1. The van der Waals surface area contributed by atoms with Crippen molar-refractivity contribution in [2.75, 3.05) is 19.0 Å². The normalized spacial score (nSPS) is 20.5. The van der Waals surface area contributed by atoms with Crippen LogP contribution in [-0.2, 0) is 6.54 Å². The third-order valence-electron chi connectivity index (χ3n) is 4.00. The molecule has 0 radical (unpaired) electrons. The summed E-state index contributed by atoms with van der Waals surface area (Å²) in [6.45, 7) is 4.38. The molecule has 0 bridgehead atoms. The van der Waals surface area contributed by atoms with Crippen LogP contribution in [0, 0.1) is 6.92 Å². The predicted molar refractivity (Wildman–Crippen MR) is 84.2 cm³/mol. The molecule has 1 atom stereocenters. The van der Waals surface area contributed by atoms with Crippen molar-refractivity contribution in [3.8, 4) is 5.75 Å². The van der Waals surface area contributed by atoms with Gasteiger partial charge in [0.2, 0.25) is 0 Å². The molecule has 1 aliphatic heterocycles. The molecule has 1 aliphatic rings. The van der Waals surface area contributed by atoms with Crippen LogP contribution < -0.4 is 4.74 Å². The third-order valence-corrected chi connectivity index (χ3v) is 4.46. The van der Waals surface area contributed by atoms with E-state index in [0.717, 1.165) is 23.7 Å². The molecule has 19 heavy (non-hydrogen) atoms. The van der Waals surface area contributed by atoms with Crippen LogP contribution in [-0.4, -0.2) is 29.9 Å². The number of nitrogens with zero attached hydrogens (tertiary/aromatic N) is 1. The van der Waals surface area contributed by atoms with Crippen molar-refractivity contribution in [1.82, 2.24) is 4.90 Å². The van der Waals surface area contributed by atoms with E-state index in [2.05, 4.69) is 46.0 Å². The van der Waals surface area contributed by atoms with Crippen LogP contribution in [0.15, 0.2) is 18.2 Å². The Balaban J connectivity index is 2.11. The lowest BCUT2D eigenvalue weighted by molar-refractivity contribution is 0.136. The number of alkyl halides is 1. The molecule has 1 saturated heterocycles. The lowest BCUT2D eigenvalue weighted by Crippen LogP contribution is -2.39. The smallest absolute Gasteiger partial charge is 0.123 e. The van der Waals surface area contributed by atoms with Gasteiger partial charge < -0.3 is 4.74 Å². The Hall–Kier alpha value is -0.540. The van der Waals surface area contributed by atoms with Crippen molar-refractivity contribution < 1.29 is 4.74 Å². The van der Waals surface area contributed by atoms with E-state index in [1.165, 1.54) is 43.4 Å². The minimum Gasteiger partial charge on any atom is -0.496 e. The highest BCUT2D eigenvalue weighted by molar-refractivity contribution is 9.09. The van der Waals surface area contributed by atoms with Crippen LogP contribution in [0.25, 0.3) is 0 Å². The molecule has 0 saturated carbocycles. The lowest BCUT2D eigenvalue weighted by atomic mass is 9.98. The van der Waals surface area contributed by atoms with E-state index < -0.39 is 0 Å². The first-order chi connectivity index (χ1) is 9.24. The second kappa shape index (κ2) is 7.30. The summed E-state index contributed by atoms with van der Waals surface area (Å²) in [4.78, 5) is 2.63. The molecule has 1 aromatic carbocycles. The summed E-state index contributed by atoms with van der Waals surface area (Å²) >= 11 is 3.59. The Bertz CT molecular complexity index is 406. The van der Waals surface area contributed by atoms with Crippen molar-refractivity contribution in [3.05, 3.63) is 29.3 Å². The first-order valence-corrected chi connectivity index (χ1v) is 8.30. The largest absolute Gasteiger partial charge is 0.496 e. The summed E-state index contributed by atoms with van der Waals surface area (Å²) in [6, 6.07) is 7.19. The van der Waals surface area contributed by atoms with Gasteiger partial charge in [-0.05, 0) is 38.8 Å². The molecule has 0 spiro atoms. The number of halogens is 1. The molecule has 1 fully saturated rings. The number of benzene rings is 1. The minimum absolute atomic E-state index is 0.721. The quantitative estimate of drug-likeness (QED) is 0.754. The van der Waals surface area contributed by atoms with Gasteiger partial charge in [-0.3, -0.25) is 4.90 Å². The van der Waals surface area contributed by atoms with E-state index in [1.807, 2.05) is 0 Å². The van der Waals surface area contributed by atoms with Crippen molar-refractivity contribution in [2.24, 2.45) is 0 Å². The van der Waals surface area contributed by atoms with E-state index in [0.29, 0.717) is 0 Å². The molecule has 2 nitrogen and oxygen atoms in total. The summed E-state index contributed by atoms with van der Waals surface area (Å²) in [5, 5.41) is 1.10. The number of ether oxygens (including phenoxy) is 1. The Labute approximate surface area is 125 Å². The summed E-state index contributed by atoms with van der Waals surface area (Å²) in [6.07, 6.45) is 5.28. The molecule has 3 heteroatoms. The number of piperidine rings is 1. The first kappa shape index (κ1) is 14.9. The number of hydrogen-bond donors (Lipinski definition) is 0. The Morgan fingerprint density at radius 2 is 2.21 bits per heavy atom. The topological polar surface area (TPSA) is 12.5 Å². The average molecular weight is 326 g/mol. The van der Waals surface area contributed by atoms with Gasteiger partial charge in [-0.25, -0.2) is 0 Å². The SMILES string of the molecule is COc1ccc(C)cc1CN1CCCCC1CCBr. The van der Waals surface area contributed by atoms with Crippen LogP contribution in [0.3, 0.4) is 0 Å².